The Balaban J connectivity index is 2.41. The molecule has 1 nitrogen and oxygen atoms in total. The first-order valence-electron chi connectivity index (χ1n) is 5.66. The van der Waals surface area contributed by atoms with E-state index in [1.165, 1.54) is 19.3 Å². The second-order valence-corrected chi connectivity index (χ2v) is 5.85. The third kappa shape index (κ3) is 1.34. The Morgan fingerprint density at radius 1 is 1.29 bits per heavy atom. The highest BCUT2D eigenvalue weighted by Gasteiger charge is 2.49. The zero-order valence-corrected chi connectivity index (χ0v) is 9.47. The van der Waals surface area contributed by atoms with Crippen LogP contribution in [0.1, 0.15) is 46.5 Å². The third-order valence-corrected chi connectivity index (χ3v) is 4.12. The first-order chi connectivity index (χ1) is 6.46. The maximum Gasteiger partial charge on any atom is 0.141 e. The lowest BCUT2D eigenvalue weighted by Gasteiger charge is -2.50. The minimum Gasteiger partial charge on any atom is -0.299 e. The van der Waals surface area contributed by atoms with Crippen molar-refractivity contribution in [2.45, 2.75) is 46.5 Å². The van der Waals surface area contributed by atoms with Gasteiger partial charge in [-0.05, 0) is 23.7 Å². The lowest BCUT2D eigenvalue weighted by atomic mass is 9.53. The van der Waals surface area contributed by atoms with Crippen LogP contribution in [0.25, 0.3) is 0 Å². The molecule has 2 rings (SSSR count). The predicted octanol–water partition coefficient (Wildman–Crippen LogP) is 3.35. The van der Waals surface area contributed by atoms with Crippen molar-refractivity contribution in [1.82, 2.24) is 0 Å². The van der Waals surface area contributed by atoms with Gasteiger partial charge in [0.1, 0.15) is 5.78 Å². The first-order valence-corrected chi connectivity index (χ1v) is 5.66. The van der Waals surface area contributed by atoms with Crippen molar-refractivity contribution in [2.75, 3.05) is 0 Å². The minimum absolute atomic E-state index is 0.150. The van der Waals surface area contributed by atoms with Crippen LogP contribution in [0, 0.1) is 16.7 Å². The summed E-state index contributed by atoms with van der Waals surface area (Å²) < 4.78 is 0. The van der Waals surface area contributed by atoms with Crippen LogP contribution >= 0.6 is 0 Å². The molecule has 0 N–H and O–H groups in total. The fraction of sp³-hybridized carbons (Fsp3) is 0.769. The molecule has 14 heavy (non-hydrogen) atoms. The monoisotopic (exact) mass is 192 g/mol. The summed E-state index contributed by atoms with van der Waals surface area (Å²) in [7, 11) is 0. The summed E-state index contributed by atoms with van der Waals surface area (Å²) in [5.41, 5.74) is 0.353. The normalized spacial score (nSPS) is 40.8. The predicted molar refractivity (Wildman–Crippen MR) is 58.0 cm³/mol. The van der Waals surface area contributed by atoms with Gasteiger partial charge in [-0.2, -0.15) is 0 Å². The highest BCUT2D eigenvalue weighted by atomic mass is 16.1. The maximum absolute atomic E-state index is 12.0. The average Bonchev–Trinajstić information content (AvgIpc) is 2.00. The van der Waals surface area contributed by atoms with E-state index in [1.54, 1.807) is 0 Å². The van der Waals surface area contributed by atoms with Gasteiger partial charge >= 0.3 is 0 Å². The van der Waals surface area contributed by atoms with Gasteiger partial charge in [-0.3, -0.25) is 4.79 Å². The van der Waals surface area contributed by atoms with Crippen LogP contribution in [0.3, 0.4) is 0 Å². The molecule has 1 saturated carbocycles. The summed E-state index contributed by atoms with van der Waals surface area (Å²) >= 11 is 0. The second-order valence-electron chi connectivity index (χ2n) is 5.85. The number of Topliss-reactive ketones (excluding diaryl/α,β-unsaturated/α-hetero) is 1. The van der Waals surface area contributed by atoms with Gasteiger partial charge in [0.2, 0.25) is 0 Å². The van der Waals surface area contributed by atoms with Crippen LogP contribution in [0.5, 0.6) is 0 Å². The molecule has 0 amide bonds. The second kappa shape index (κ2) is 2.95. The van der Waals surface area contributed by atoms with Crippen LogP contribution < -0.4 is 0 Å². The number of rotatable bonds is 0. The maximum atomic E-state index is 12.0. The lowest BCUT2D eigenvalue weighted by molar-refractivity contribution is -0.133. The fourth-order valence-electron chi connectivity index (χ4n) is 3.65. The summed E-state index contributed by atoms with van der Waals surface area (Å²) in [4.78, 5) is 12.0. The van der Waals surface area contributed by atoms with Crippen LogP contribution in [0.15, 0.2) is 12.2 Å². The van der Waals surface area contributed by atoms with E-state index < -0.39 is 0 Å². The molecule has 0 radical (unpaired) electrons. The number of carbonyl (C=O) groups is 1. The van der Waals surface area contributed by atoms with Crippen molar-refractivity contribution < 1.29 is 4.79 Å². The number of fused-ring (bicyclic) bond motifs is 1. The van der Waals surface area contributed by atoms with Crippen molar-refractivity contribution in [3.63, 3.8) is 0 Å². The largest absolute Gasteiger partial charge is 0.299 e. The number of hydrogen-bond donors (Lipinski definition) is 0. The molecular formula is C13H20O. The van der Waals surface area contributed by atoms with E-state index in [9.17, 15) is 4.79 Å². The molecule has 0 unspecified atom stereocenters. The third-order valence-electron chi connectivity index (χ3n) is 4.12. The van der Waals surface area contributed by atoms with Crippen molar-refractivity contribution in [1.29, 1.82) is 0 Å². The van der Waals surface area contributed by atoms with Gasteiger partial charge in [0, 0.05) is 12.3 Å². The molecule has 2 aliphatic carbocycles. The Labute approximate surface area is 86.6 Å². The zero-order chi connectivity index (χ0) is 10.4. The summed E-state index contributed by atoms with van der Waals surface area (Å²) in [6.45, 7) is 6.77. The molecule has 0 aromatic carbocycles. The first kappa shape index (κ1) is 9.95. The Morgan fingerprint density at radius 2 is 2.00 bits per heavy atom. The molecule has 0 aliphatic heterocycles. The molecule has 78 valence electrons. The topological polar surface area (TPSA) is 17.1 Å². The Kier molecular flexibility index (Phi) is 2.09. The Morgan fingerprint density at radius 3 is 2.64 bits per heavy atom. The zero-order valence-electron chi connectivity index (χ0n) is 9.47. The molecule has 0 bridgehead atoms. The van der Waals surface area contributed by atoms with Crippen LogP contribution in [-0.4, -0.2) is 5.78 Å². The van der Waals surface area contributed by atoms with Gasteiger partial charge in [0.25, 0.3) is 0 Å². The highest BCUT2D eigenvalue weighted by Crippen LogP contribution is 2.53. The van der Waals surface area contributed by atoms with Gasteiger partial charge in [-0.25, -0.2) is 0 Å². The van der Waals surface area contributed by atoms with Crippen molar-refractivity contribution in [3.8, 4) is 0 Å². The van der Waals surface area contributed by atoms with E-state index in [0.717, 1.165) is 0 Å². The smallest absolute Gasteiger partial charge is 0.141 e. The van der Waals surface area contributed by atoms with E-state index in [2.05, 4.69) is 32.9 Å². The molecular weight excluding hydrogens is 172 g/mol. The number of allylic oxidation sites excluding steroid dienone is 2. The van der Waals surface area contributed by atoms with Gasteiger partial charge in [0.15, 0.2) is 0 Å². The molecule has 0 aromatic heterocycles. The lowest BCUT2D eigenvalue weighted by Crippen LogP contribution is -2.47. The number of hydrogen-bond acceptors (Lipinski definition) is 1. The summed E-state index contributed by atoms with van der Waals surface area (Å²) in [5.74, 6) is 0.716. The molecule has 1 fully saturated rings. The van der Waals surface area contributed by atoms with Gasteiger partial charge < -0.3 is 0 Å². The Bertz CT molecular complexity index is 288. The van der Waals surface area contributed by atoms with Crippen molar-refractivity contribution in [2.24, 2.45) is 16.7 Å². The molecule has 0 heterocycles. The molecule has 0 aromatic rings. The van der Waals surface area contributed by atoms with Gasteiger partial charge in [-0.1, -0.05) is 39.3 Å². The summed E-state index contributed by atoms with van der Waals surface area (Å²) in [5, 5.41) is 0. The number of ketones is 1. The van der Waals surface area contributed by atoms with Crippen molar-refractivity contribution >= 4 is 5.78 Å². The molecule has 2 atom stereocenters. The summed E-state index contributed by atoms with van der Waals surface area (Å²) in [6.07, 6.45) is 8.66. The van der Waals surface area contributed by atoms with E-state index in [1.807, 2.05) is 0 Å². The summed E-state index contributed by atoms with van der Waals surface area (Å²) in [6, 6.07) is 0. The molecule has 0 spiro atoms. The van der Waals surface area contributed by atoms with E-state index in [4.69, 9.17) is 0 Å². The quantitative estimate of drug-likeness (QED) is 0.538. The van der Waals surface area contributed by atoms with Gasteiger partial charge in [0.05, 0.1) is 0 Å². The molecule has 0 saturated heterocycles. The Hall–Kier alpha value is -0.590. The average molecular weight is 192 g/mol. The highest BCUT2D eigenvalue weighted by molar-refractivity contribution is 5.85. The minimum atomic E-state index is 0.150. The van der Waals surface area contributed by atoms with Crippen LogP contribution in [0.2, 0.25) is 0 Å². The van der Waals surface area contributed by atoms with E-state index in [0.29, 0.717) is 12.2 Å². The molecule has 1 heteroatoms. The van der Waals surface area contributed by atoms with E-state index >= 15 is 0 Å². The standard InChI is InChI=1S/C13H20O/c1-12(2)7-5-9-13(3)8-4-6-10(14)11(12)13/h4,8,11H,5-7,9H2,1-3H3/t11-,13-/m0/s1. The van der Waals surface area contributed by atoms with E-state index in [-0.39, 0.29) is 16.7 Å². The van der Waals surface area contributed by atoms with Gasteiger partial charge in [-0.15, -0.1) is 0 Å². The van der Waals surface area contributed by atoms with Crippen molar-refractivity contribution in [3.05, 3.63) is 12.2 Å². The van der Waals surface area contributed by atoms with Crippen LogP contribution in [-0.2, 0) is 4.79 Å². The molecule has 2 aliphatic rings. The van der Waals surface area contributed by atoms with Crippen LogP contribution in [0.4, 0.5) is 0 Å². The number of carbonyl (C=O) groups excluding carboxylic acids is 1. The fourth-order valence-corrected chi connectivity index (χ4v) is 3.65. The SMILES string of the molecule is CC1(C)CCC[C@]2(C)C=CCC(=O)[C@@H]12.